The minimum Gasteiger partial charge on any atom is -0.340 e. The van der Waals surface area contributed by atoms with E-state index in [1.807, 2.05) is 17.0 Å². The highest BCUT2D eigenvalue weighted by Crippen LogP contribution is 2.17. The molecule has 6 nitrogen and oxygen atoms in total. The summed E-state index contributed by atoms with van der Waals surface area (Å²) in [6, 6.07) is 10.8. The van der Waals surface area contributed by atoms with Gasteiger partial charge in [0, 0.05) is 43.6 Å². The lowest BCUT2D eigenvalue weighted by molar-refractivity contribution is 0.0643. The molecule has 1 aliphatic rings. The molecule has 1 fully saturated rings. The van der Waals surface area contributed by atoms with Gasteiger partial charge in [0.1, 0.15) is 5.82 Å². The fourth-order valence-electron chi connectivity index (χ4n) is 3.01. The molecule has 0 bridgehead atoms. The Morgan fingerprint density at radius 2 is 1.85 bits per heavy atom. The molecule has 1 aliphatic heterocycles. The molecule has 0 unspecified atom stereocenters. The number of aromatic nitrogens is 1. The van der Waals surface area contributed by atoms with E-state index in [-0.39, 0.29) is 11.7 Å². The van der Waals surface area contributed by atoms with Crippen molar-refractivity contribution in [3.05, 3.63) is 53.7 Å². The lowest BCUT2D eigenvalue weighted by Gasteiger charge is -2.34. The van der Waals surface area contributed by atoms with Gasteiger partial charge in [0.15, 0.2) is 5.78 Å². The Balaban J connectivity index is 1.64. The van der Waals surface area contributed by atoms with E-state index in [0.29, 0.717) is 16.9 Å². The summed E-state index contributed by atoms with van der Waals surface area (Å²) in [5, 5.41) is 3.16. The van der Waals surface area contributed by atoms with E-state index in [4.69, 9.17) is 0 Å². The van der Waals surface area contributed by atoms with Crippen molar-refractivity contribution in [2.75, 3.05) is 38.0 Å². The number of carbonyl (C=O) groups is 2. The van der Waals surface area contributed by atoms with Crippen LogP contribution < -0.4 is 5.32 Å². The van der Waals surface area contributed by atoms with E-state index < -0.39 is 0 Å². The van der Waals surface area contributed by atoms with Crippen molar-refractivity contribution < 1.29 is 9.59 Å². The van der Waals surface area contributed by atoms with Crippen molar-refractivity contribution in [2.45, 2.75) is 13.8 Å². The van der Waals surface area contributed by atoms with Gasteiger partial charge in [-0.1, -0.05) is 19.1 Å². The summed E-state index contributed by atoms with van der Waals surface area (Å²) in [4.78, 5) is 32.6. The molecule has 0 saturated carbocycles. The molecule has 0 radical (unpaired) electrons. The second kappa shape index (κ2) is 8.10. The Morgan fingerprint density at radius 3 is 2.46 bits per heavy atom. The van der Waals surface area contributed by atoms with Crippen LogP contribution in [0.15, 0.2) is 42.6 Å². The second-order valence-electron chi connectivity index (χ2n) is 6.42. The normalized spacial score (nSPS) is 14.9. The van der Waals surface area contributed by atoms with Crippen LogP contribution in [0, 0.1) is 0 Å². The maximum absolute atomic E-state index is 12.6. The van der Waals surface area contributed by atoms with Gasteiger partial charge in [-0.2, -0.15) is 0 Å². The molecule has 1 amide bonds. The summed E-state index contributed by atoms with van der Waals surface area (Å²) in [7, 11) is 0. The van der Waals surface area contributed by atoms with E-state index in [1.54, 1.807) is 30.5 Å². The third kappa shape index (κ3) is 4.26. The van der Waals surface area contributed by atoms with E-state index >= 15 is 0 Å². The average molecular weight is 352 g/mol. The number of hydrogen-bond acceptors (Lipinski definition) is 5. The third-order valence-electron chi connectivity index (χ3n) is 4.66. The number of benzene rings is 1. The molecule has 2 aromatic rings. The second-order valence-corrected chi connectivity index (χ2v) is 6.42. The van der Waals surface area contributed by atoms with Crippen LogP contribution in [0.1, 0.15) is 34.6 Å². The summed E-state index contributed by atoms with van der Waals surface area (Å²) >= 11 is 0. The van der Waals surface area contributed by atoms with E-state index in [9.17, 15) is 9.59 Å². The zero-order valence-electron chi connectivity index (χ0n) is 15.2. The zero-order valence-corrected chi connectivity index (χ0v) is 15.2. The first kappa shape index (κ1) is 18.1. The van der Waals surface area contributed by atoms with Crippen LogP contribution in [-0.4, -0.2) is 59.2 Å². The number of anilines is 2. The average Bonchev–Trinajstić information content (AvgIpc) is 2.68. The zero-order chi connectivity index (χ0) is 18.5. The van der Waals surface area contributed by atoms with Crippen molar-refractivity contribution in [3.63, 3.8) is 0 Å². The highest BCUT2D eigenvalue weighted by Gasteiger charge is 2.21. The van der Waals surface area contributed by atoms with Crippen LogP contribution in [-0.2, 0) is 0 Å². The first-order chi connectivity index (χ1) is 12.6. The highest BCUT2D eigenvalue weighted by atomic mass is 16.2. The number of piperazine rings is 1. The van der Waals surface area contributed by atoms with Crippen LogP contribution in [0.2, 0.25) is 0 Å². The number of likely N-dealkylation sites (N-methyl/N-ethyl adjacent to an activating group) is 1. The molecule has 0 atom stereocenters. The van der Waals surface area contributed by atoms with Gasteiger partial charge in [0.2, 0.25) is 0 Å². The standard InChI is InChI=1S/C20H24N4O2/c1-3-23-9-11-24(12-10-23)20(26)17-7-8-19(21-14-17)22-18-6-4-5-16(13-18)15(2)25/h4-8,13-14H,3,9-12H2,1-2H3,(H,21,22). The van der Waals surface area contributed by atoms with Crippen molar-refractivity contribution in [1.82, 2.24) is 14.8 Å². The van der Waals surface area contributed by atoms with Gasteiger partial charge in [-0.25, -0.2) is 4.98 Å². The molecule has 3 rings (SSSR count). The van der Waals surface area contributed by atoms with Gasteiger partial charge in [-0.05, 0) is 37.7 Å². The number of ketones is 1. The quantitative estimate of drug-likeness (QED) is 0.838. The Hall–Kier alpha value is -2.73. The van der Waals surface area contributed by atoms with Crippen molar-refractivity contribution in [1.29, 1.82) is 0 Å². The Bertz CT molecular complexity index is 781. The van der Waals surface area contributed by atoms with E-state index in [0.717, 1.165) is 38.4 Å². The minimum atomic E-state index is 0.0192. The Kier molecular flexibility index (Phi) is 5.63. The van der Waals surface area contributed by atoms with Crippen LogP contribution in [0.25, 0.3) is 0 Å². The molecule has 0 spiro atoms. The first-order valence-electron chi connectivity index (χ1n) is 8.92. The molecule has 26 heavy (non-hydrogen) atoms. The summed E-state index contributed by atoms with van der Waals surface area (Å²) in [5.74, 6) is 0.683. The van der Waals surface area contributed by atoms with Gasteiger partial charge in [0.05, 0.1) is 5.56 Å². The third-order valence-corrected chi connectivity index (χ3v) is 4.66. The van der Waals surface area contributed by atoms with Crippen molar-refractivity contribution in [3.8, 4) is 0 Å². The van der Waals surface area contributed by atoms with Gasteiger partial charge >= 0.3 is 0 Å². The number of Topliss-reactive ketones (excluding diaryl/α,β-unsaturated/α-hetero) is 1. The molecule has 1 saturated heterocycles. The summed E-state index contributed by atoms with van der Waals surface area (Å²) < 4.78 is 0. The Labute approximate surface area is 153 Å². The lowest BCUT2D eigenvalue weighted by Crippen LogP contribution is -2.48. The fraction of sp³-hybridized carbons (Fsp3) is 0.350. The first-order valence-corrected chi connectivity index (χ1v) is 8.92. The minimum absolute atomic E-state index is 0.0192. The molecule has 0 aliphatic carbocycles. The van der Waals surface area contributed by atoms with Gasteiger partial charge < -0.3 is 15.1 Å². The predicted octanol–water partition coefficient (Wildman–Crippen LogP) is 2.81. The topological polar surface area (TPSA) is 65.5 Å². The molecule has 1 aromatic carbocycles. The molecule has 1 N–H and O–H groups in total. The van der Waals surface area contributed by atoms with Crippen LogP contribution in [0.4, 0.5) is 11.5 Å². The molecular formula is C20H24N4O2. The number of nitrogens with one attached hydrogen (secondary N) is 1. The summed E-state index contributed by atoms with van der Waals surface area (Å²) in [6.07, 6.45) is 1.60. The van der Waals surface area contributed by atoms with Crippen LogP contribution in [0.5, 0.6) is 0 Å². The maximum Gasteiger partial charge on any atom is 0.255 e. The fourth-order valence-corrected chi connectivity index (χ4v) is 3.01. The largest absolute Gasteiger partial charge is 0.340 e. The maximum atomic E-state index is 12.6. The smallest absolute Gasteiger partial charge is 0.255 e. The summed E-state index contributed by atoms with van der Waals surface area (Å²) in [5.41, 5.74) is 2.03. The number of nitrogens with zero attached hydrogens (tertiary/aromatic N) is 3. The summed E-state index contributed by atoms with van der Waals surface area (Å²) in [6.45, 7) is 8.05. The van der Waals surface area contributed by atoms with E-state index in [1.165, 1.54) is 6.92 Å². The van der Waals surface area contributed by atoms with Crippen molar-refractivity contribution >= 4 is 23.2 Å². The number of amides is 1. The molecule has 6 heteroatoms. The SMILES string of the molecule is CCN1CCN(C(=O)c2ccc(Nc3cccc(C(C)=O)c3)nc2)CC1. The molecule has 136 valence electrons. The van der Waals surface area contributed by atoms with Crippen LogP contribution in [0.3, 0.4) is 0 Å². The van der Waals surface area contributed by atoms with Gasteiger partial charge in [-0.15, -0.1) is 0 Å². The van der Waals surface area contributed by atoms with E-state index in [2.05, 4.69) is 22.1 Å². The molecule has 2 heterocycles. The van der Waals surface area contributed by atoms with Crippen molar-refractivity contribution in [2.24, 2.45) is 0 Å². The molecular weight excluding hydrogens is 328 g/mol. The number of rotatable bonds is 5. The lowest BCUT2D eigenvalue weighted by atomic mass is 10.1. The Morgan fingerprint density at radius 1 is 1.08 bits per heavy atom. The van der Waals surface area contributed by atoms with Crippen LogP contribution >= 0.6 is 0 Å². The van der Waals surface area contributed by atoms with Gasteiger partial charge in [0.25, 0.3) is 5.91 Å². The highest BCUT2D eigenvalue weighted by molar-refractivity contribution is 5.95. The molecule has 1 aromatic heterocycles. The monoisotopic (exact) mass is 352 g/mol. The number of hydrogen-bond donors (Lipinski definition) is 1. The number of carbonyl (C=O) groups excluding carboxylic acids is 2. The number of pyridine rings is 1. The predicted molar refractivity (Wildman–Crippen MR) is 102 cm³/mol. The van der Waals surface area contributed by atoms with Gasteiger partial charge in [-0.3, -0.25) is 9.59 Å².